The summed E-state index contributed by atoms with van der Waals surface area (Å²) in [5, 5.41) is 9.69. The number of nitrogens with zero attached hydrogens (tertiary/aromatic N) is 1. The van der Waals surface area contributed by atoms with E-state index in [0.717, 1.165) is 31.2 Å². The Bertz CT molecular complexity index is 525. The second-order valence-corrected chi connectivity index (χ2v) is 6.57. The van der Waals surface area contributed by atoms with Crippen molar-refractivity contribution in [2.45, 2.75) is 70.8 Å². The first-order valence-corrected chi connectivity index (χ1v) is 8.56. The third-order valence-electron chi connectivity index (χ3n) is 4.69. The summed E-state index contributed by atoms with van der Waals surface area (Å²) in [6, 6.07) is 9.31. The Labute approximate surface area is 137 Å². The molecule has 4 heteroatoms. The van der Waals surface area contributed by atoms with Gasteiger partial charge in [-0.2, -0.15) is 14.0 Å². The molecule has 1 aromatic carbocycles. The smallest absolute Gasteiger partial charge is 0.397 e. The van der Waals surface area contributed by atoms with Gasteiger partial charge >= 0.3 is 6.11 Å². The minimum atomic E-state index is -3.13. The van der Waals surface area contributed by atoms with E-state index in [1.54, 1.807) is 24.3 Å². The van der Waals surface area contributed by atoms with Gasteiger partial charge in [-0.15, -0.1) is 0 Å². The lowest BCUT2D eigenvalue weighted by atomic mass is 9.73. The van der Waals surface area contributed by atoms with Crippen LogP contribution in [-0.2, 0) is 6.42 Å². The van der Waals surface area contributed by atoms with E-state index in [9.17, 15) is 14.0 Å². The number of hydrogen-bond acceptors (Lipinski definition) is 2. The molecule has 1 aliphatic carbocycles. The first-order chi connectivity index (χ1) is 11.0. The molecule has 1 fully saturated rings. The first-order valence-electron chi connectivity index (χ1n) is 8.56. The van der Waals surface area contributed by atoms with Crippen LogP contribution < -0.4 is 4.74 Å². The van der Waals surface area contributed by atoms with Crippen molar-refractivity contribution in [2.24, 2.45) is 5.41 Å². The SMILES string of the molecule is CCC(F)(F)Oc1ccc(CC2(C#N)CCCCCCC2)cc1. The van der Waals surface area contributed by atoms with E-state index in [1.165, 1.54) is 26.2 Å². The van der Waals surface area contributed by atoms with Crippen molar-refractivity contribution in [1.82, 2.24) is 0 Å². The maximum atomic E-state index is 13.2. The fourth-order valence-corrected chi connectivity index (χ4v) is 3.22. The first kappa shape index (κ1) is 17.7. The van der Waals surface area contributed by atoms with Gasteiger partial charge in [-0.1, -0.05) is 51.2 Å². The summed E-state index contributed by atoms with van der Waals surface area (Å²) < 4.78 is 31.2. The lowest BCUT2D eigenvalue weighted by molar-refractivity contribution is -0.177. The quantitative estimate of drug-likeness (QED) is 0.680. The van der Waals surface area contributed by atoms with Crippen molar-refractivity contribution < 1.29 is 13.5 Å². The summed E-state index contributed by atoms with van der Waals surface area (Å²) in [5.74, 6) is 0.171. The minimum Gasteiger partial charge on any atom is -0.433 e. The van der Waals surface area contributed by atoms with Crippen LogP contribution in [0.5, 0.6) is 5.75 Å². The number of ether oxygens (including phenoxy) is 1. The Balaban J connectivity index is 2.05. The van der Waals surface area contributed by atoms with Gasteiger partial charge in [0.05, 0.1) is 11.5 Å². The van der Waals surface area contributed by atoms with Crippen LogP contribution in [0.1, 0.15) is 63.9 Å². The van der Waals surface area contributed by atoms with E-state index in [4.69, 9.17) is 0 Å². The molecule has 0 spiro atoms. The highest BCUT2D eigenvalue weighted by atomic mass is 19.3. The molecule has 0 aliphatic heterocycles. The van der Waals surface area contributed by atoms with Gasteiger partial charge in [-0.25, -0.2) is 0 Å². The molecule has 0 radical (unpaired) electrons. The van der Waals surface area contributed by atoms with E-state index in [-0.39, 0.29) is 17.6 Å². The fraction of sp³-hybridized carbons (Fsp3) is 0.632. The van der Waals surface area contributed by atoms with Crippen LogP contribution in [0.3, 0.4) is 0 Å². The highest BCUT2D eigenvalue weighted by molar-refractivity contribution is 5.29. The third kappa shape index (κ3) is 5.20. The fourth-order valence-electron chi connectivity index (χ4n) is 3.22. The molecule has 23 heavy (non-hydrogen) atoms. The van der Waals surface area contributed by atoms with Crippen LogP contribution in [0, 0.1) is 16.7 Å². The molecule has 0 saturated heterocycles. The molecular formula is C19H25F2NO. The Hall–Kier alpha value is -1.63. The van der Waals surface area contributed by atoms with Gasteiger partial charge in [0.25, 0.3) is 0 Å². The average Bonchev–Trinajstić information content (AvgIpc) is 2.52. The van der Waals surface area contributed by atoms with Crippen LogP contribution in [0.15, 0.2) is 24.3 Å². The molecule has 2 nitrogen and oxygen atoms in total. The minimum absolute atomic E-state index is 0.171. The number of benzene rings is 1. The Kier molecular flexibility index (Phi) is 5.98. The number of hydrogen-bond donors (Lipinski definition) is 0. The van der Waals surface area contributed by atoms with Crippen molar-refractivity contribution in [3.8, 4) is 11.8 Å². The molecular weight excluding hydrogens is 296 g/mol. The zero-order chi connectivity index (χ0) is 16.8. The van der Waals surface area contributed by atoms with E-state index in [0.29, 0.717) is 6.42 Å². The molecule has 0 bridgehead atoms. The van der Waals surface area contributed by atoms with Gasteiger partial charge in [-0.3, -0.25) is 0 Å². The normalized spacial score (nSPS) is 18.5. The summed E-state index contributed by atoms with van der Waals surface area (Å²) >= 11 is 0. The van der Waals surface area contributed by atoms with Gasteiger partial charge in [-0.05, 0) is 37.0 Å². The van der Waals surface area contributed by atoms with Crippen molar-refractivity contribution in [3.05, 3.63) is 29.8 Å². The monoisotopic (exact) mass is 321 g/mol. The molecule has 1 aliphatic rings. The van der Waals surface area contributed by atoms with E-state index < -0.39 is 6.11 Å². The Morgan fingerprint density at radius 2 is 1.65 bits per heavy atom. The summed E-state index contributed by atoms with van der Waals surface area (Å²) in [4.78, 5) is 0. The summed E-state index contributed by atoms with van der Waals surface area (Å²) in [5.41, 5.74) is 0.704. The standard InChI is InChI=1S/C19H25F2NO/c1-2-19(20,21)23-17-10-8-16(9-11-17)14-18(15-22)12-6-4-3-5-7-13-18/h8-11H,2-7,12-14H2,1H3. The van der Waals surface area contributed by atoms with Crippen molar-refractivity contribution in [3.63, 3.8) is 0 Å². The summed E-state index contributed by atoms with van der Waals surface area (Å²) in [6.45, 7) is 1.39. The highest BCUT2D eigenvalue weighted by Crippen LogP contribution is 2.37. The van der Waals surface area contributed by atoms with Crippen molar-refractivity contribution in [2.75, 3.05) is 0 Å². The zero-order valence-corrected chi connectivity index (χ0v) is 13.8. The van der Waals surface area contributed by atoms with Gasteiger partial charge in [0.15, 0.2) is 0 Å². The lowest BCUT2D eigenvalue weighted by Gasteiger charge is -2.28. The Morgan fingerprint density at radius 3 is 2.17 bits per heavy atom. The second kappa shape index (κ2) is 7.77. The molecule has 0 amide bonds. The molecule has 0 unspecified atom stereocenters. The third-order valence-corrected chi connectivity index (χ3v) is 4.69. The molecule has 126 valence electrons. The van der Waals surface area contributed by atoms with Gasteiger partial charge in [0.2, 0.25) is 0 Å². The van der Waals surface area contributed by atoms with Crippen LogP contribution in [0.2, 0.25) is 0 Å². The van der Waals surface area contributed by atoms with Crippen LogP contribution >= 0.6 is 0 Å². The molecule has 0 atom stereocenters. The van der Waals surface area contributed by atoms with Gasteiger partial charge in [0.1, 0.15) is 5.75 Å². The topological polar surface area (TPSA) is 33.0 Å². The lowest BCUT2D eigenvalue weighted by Crippen LogP contribution is -2.24. The number of nitriles is 1. The van der Waals surface area contributed by atoms with Crippen LogP contribution in [0.25, 0.3) is 0 Å². The van der Waals surface area contributed by atoms with E-state index >= 15 is 0 Å². The predicted molar refractivity (Wildman–Crippen MR) is 86.4 cm³/mol. The zero-order valence-electron chi connectivity index (χ0n) is 13.8. The molecule has 2 rings (SSSR count). The second-order valence-electron chi connectivity index (χ2n) is 6.57. The van der Waals surface area contributed by atoms with Crippen LogP contribution in [-0.4, -0.2) is 6.11 Å². The molecule has 1 aromatic rings. The predicted octanol–water partition coefficient (Wildman–Crippen LogP) is 5.86. The molecule has 0 heterocycles. The molecule has 0 aromatic heterocycles. The number of halogens is 2. The summed E-state index contributed by atoms with van der Waals surface area (Å²) in [7, 11) is 0. The maximum absolute atomic E-state index is 13.2. The largest absolute Gasteiger partial charge is 0.433 e. The molecule has 1 saturated carbocycles. The number of rotatable bonds is 5. The average molecular weight is 321 g/mol. The van der Waals surface area contributed by atoms with E-state index in [2.05, 4.69) is 10.8 Å². The summed E-state index contributed by atoms with van der Waals surface area (Å²) in [6.07, 6.45) is 4.90. The van der Waals surface area contributed by atoms with Crippen molar-refractivity contribution >= 4 is 0 Å². The Morgan fingerprint density at radius 1 is 1.09 bits per heavy atom. The highest BCUT2D eigenvalue weighted by Gasteiger charge is 2.31. The maximum Gasteiger partial charge on any atom is 0.397 e. The number of alkyl halides is 2. The van der Waals surface area contributed by atoms with Crippen molar-refractivity contribution in [1.29, 1.82) is 5.26 Å². The van der Waals surface area contributed by atoms with Gasteiger partial charge in [0, 0.05) is 6.42 Å². The molecule has 0 N–H and O–H groups in total. The van der Waals surface area contributed by atoms with E-state index in [1.807, 2.05) is 0 Å². The van der Waals surface area contributed by atoms with Crippen LogP contribution in [0.4, 0.5) is 8.78 Å². The van der Waals surface area contributed by atoms with Gasteiger partial charge < -0.3 is 4.74 Å².